The number of methoxy groups -OCH3 is 1. The average Bonchev–Trinajstić information content (AvgIpc) is 2.37. The molecule has 1 heterocycles. The molecule has 1 amide bonds. The first-order valence-electron chi connectivity index (χ1n) is 5.95. The Hall–Kier alpha value is -1.62. The quantitative estimate of drug-likeness (QED) is 0.842. The molecule has 1 aromatic rings. The van der Waals surface area contributed by atoms with E-state index in [1.165, 1.54) is 19.4 Å². The number of carbonyl (C=O) groups is 2. The molecule has 104 valence electrons. The van der Waals surface area contributed by atoms with Gasteiger partial charge in [-0.3, -0.25) is 9.78 Å². The molecular weight excluding hydrogens is 268 g/mol. The number of halogens is 1. The summed E-state index contributed by atoms with van der Waals surface area (Å²) in [5.41, 5.74) is -0.899. The lowest BCUT2D eigenvalue weighted by Crippen LogP contribution is -2.52. The van der Waals surface area contributed by atoms with E-state index in [-0.39, 0.29) is 5.69 Å². The summed E-state index contributed by atoms with van der Waals surface area (Å²) in [4.78, 5) is 27.8. The number of nitrogens with zero attached hydrogens (tertiary/aromatic N) is 1. The molecule has 0 aliphatic rings. The Bertz CT molecular complexity index is 479. The minimum atomic E-state index is -1.06. The number of carbonyl (C=O) groups excluding carboxylic acids is 2. The first-order valence-corrected chi connectivity index (χ1v) is 6.33. The molecule has 1 aromatic heterocycles. The highest BCUT2D eigenvalue weighted by molar-refractivity contribution is 6.30. The highest BCUT2D eigenvalue weighted by Gasteiger charge is 2.35. The van der Waals surface area contributed by atoms with Gasteiger partial charge in [0.2, 0.25) is 0 Å². The second-order valence-electron chi connectivity index (χ2n) is 4.39. The van der Waals surface area contributed by atoms with Crippen LogP contribution in [0.15, 0.2) is 18.3 Å². The Balaban J connectivity index is 2.91. The third kappa shape index (κ3) is 3.92. The van der Waals surface area contributed by atoms with Crippen molar-refractivity contribution in [2.75, 3.05) is 7.11 Å². The number of aromatic nitrogens is 1. The topological polar surface area (TPSA) is 68.3 Å². The van der Waals surface area contributed by atoms with Crippen LogP contribution < -0.4 is 5.32 Å². The SMILES string of the molecule is CCCC(C)(NC(=O)c1cc(Cl)ccn1)C(=O)OC. The molecule has 0 aliphatic carbocycles. The molecule has 0 saturated heterocycles. The summed E-state index contributed by atoms with van der Waals surface area (Å²) in [7, 11) is 1.29. The molecule has 0 radical (unpaired) electrons. The van der Waals surface area contributed by atoms with E-state index in [1.54, 1.807) is 13.0 Å². The molecule has 1 rings (SSSR count). The third-order valence-corrected chi connectivity index (χ3v) is 2.97. The number of amides is 1. The fourth-order valence-electron chi connectivity index (χ4n) is 1.78. The molecule has 0 aliphatic heterocycles. The van der Waals surface area contributed by atoms with Crippen LogP contribution in [0.25, 0.3) is 0 Å². The van der Waals surface area contributed by atoms with Crippen molar-refractivity contribution >= 4 is 23.5 Å². The predicted molar refractivity (Wildman–Crippen MR) is 72.0 cm³/mol. The lowest BCUT2D eigenvalue weighted by atomic mass is 9.96. The number of ether oxygens (including phenoxy) is 1. The van der Waals surface area contributed by atoms with Crippen molar-refractivity contribution < 1.29 is 14.3 Å². The zero-order valence-corrected chi connectivity index (χ0v) is 12.0. The van der Waals surface area contributed by atoms with E-state index in [0.717, 1.165) is 6.42 Å². The highest BCUT2D eigenvalue weighted by atomic mass is 35.5. The van der Waals surface area contributed by atoms with Gasteiger partial charge in [0, 0.05) is 11.2 Å². The monoisotopic (exact) mass is 284 g/mol. The summed E-state index contributed by atoms with van der Waals surface area (Å²) >= 11 is 5.80. The van der Waals surface area contributed by atoms with Crippen LogP contribution in [0.4, 0.5) is 0 Å². The molecule has 19 heavy (non-hydrogen) atoms. The molecule has 0 aromatic carbocycles. The van der Waals surface area contributed by atoms with E-state index < -0.39 is 17.4 Å². The average molecular weight is 285 g/mol. The zero-order valence-electron chi connectivity index (χ0n) is 11.2. The minimum Gasteiger partial charge on any atom is -0.467 e. The van der Waals surface area contributed by atoms with Crippen LogP contribution in [-0.4, -0.2) is 29.5 Å². The maximum absolute atomic E-state index is 12.1. The molecule has 6 heteroatoms. The molecule has 1 N–H and O–H groups in total. The predicted octanol–water partition coefficient (Wildman–Crippen LogP) is 2.20. The van der Waals surface area contributed by atoms with Crippen LogP contribution >= 0.6 is 11.6 Å². The van der Waals surface area contributed by atoms with Crippen molar-refractivity contribution in [3.8, 4) is 0 Å². The summed E-state index contributed by atoms with van der Waals surface area (Å²) in [6.07, 6.45) is 2.65. The van der Waals surface area contributed by atoms with Crippen LogP contribution in [-0.2, 0) is 9.53 Å². The summed E-state index contributed by atoms with van der Waals surface area (Å²) in [5.74, 6) is -0.937. The minimum absolute atomic E-state index is 0.165. The number of hydrogen-bond donors (Lipinski definition) is 1. The van der Waals surface area contributed by atoms with E-state index in [2.05, 4.69) is 10.3 Å². The summed E-state index contributed by atoms with van der Waals surface area (Å²) in [6, 6.07) is 3.02. The van der Waals surface area contributed by atoms with Crippen LogP contribution in [0.1, 0.15) is 37.2 Å². The van der Waals surface area contributed by atoms with Gasteiger partial charge in [-0.25, -0.2) is 4.79 Å². The summed E-state index contributed by atoms with van der Waals surface area (Å²) in [6.45, 7) is 3.55. The number of hydrogen-bond acceptors (Lipinski definition) is 4. The number of rotatable bonds is 5. The van der Waals surface area contributed by atoms with Gasteiger partial charge in [0.15, 0.2) is 0 Å². The van der Waals surface area contributed by atoms with E-state index in [1.807, 2.05) is 6.92 Å². The van der Waals surface area contributed by atoms with Crippen molar-refractivity contribution in [1.29, 1.82) is 0 Å². The smallest absolute Gasteiger partial charge is 0.331 e. The van der Waals surface area contributed by atoms with Crippen LogP contribution in [0.3, 0.4) is 0 Å². The maximum Gasteiger partial charge on any atom is 0.331 e. The van der Waals surface area contributed by atoms with E-state index >= 15 is 0 Å². The molecule has 1 atom stereocenters. The molecule has 0 fully saturated rings. The van der Waals surface area contributed by atoms with E-state index in [0.29, 0.717) is 11.4 Å². The Kier molecular flexibility index (Phi) is 5.30. The van der Waals surface area contributed by atoms with Crippen molar-refractivity contribution in [3.05, 3.63) is 29.0 Å². The third-order valence-electron chi connectivity index (χ3n) is 2.73. The van der Waals surface area contributed by atoms with Gasteiger partial charge in [0.05, 0.1) is 7.11 Å². The van der Waals surface area contributed by atoms with Crippen LogP contribution in [0.5, 0.6) is 0 Å². The zero-order chi connectivity index (χ0) is 14.5. The Labute approximate surface area is 117 Å². The van der Waals surface area contributed by atoms with Crippen molar-refractivity contribution in [2.45, 2.75) is 32.2 Å². The lowest BCUT2D eigenvalue weighted by Gasteiger charge is -2.27. The van der Waals surface area contributed by atoms with Gasteiger partial charge in [-0.1, -0.05) is 24.9 Å². The highest BCUT2D eigenvalue weighted by Crippen LogP contribution is 2.16. The second-order valence-corrected chi connectivity index (χ2v) is 4.82. The molecule has 5 nitrogen and oxygen atoms in total. The molecule has 0 spiro atoms. The van der Waals surface area contributed by atoms with Crippen LogP contribution in [0.2, 0.25) is 5.02 Å². The van der Waals surface area contributed by atoms with Crippen molar-refractivity contribution in [2.24, 2.45) is 0 Å². The van der Waals surface area contributed by atoms with Gasteiger partial charge in [0.1, 0.15) is 11.2 Å². The van der Waals surface area contributed by atoms with Gasteiger partial charge in [-0.15, -0.1) is 0 Å². The van der Waals surface area contributed by atoms with Gasteiger partial charge in [0.25, 0.3) is 5.91 Å². The largest absolute Gasteiger partial charge is 0.467 e. The van der Waals surface area contributed by atoms with Gasteiger partial charge in [-0.05, 0) is 25.5 Å². The van der Waals surface area contributed by atoms with Crippen LogP contribution in [0, 0.1) is 0 Å². The molecular formula is C13H17ClN2O3. The van der Waals surface area contributed by atoms with Gasteiger partial charge < -0.3 is 10.1 Å². The normalized spacial score (nSPS) is 13.5. The first-order chi connectivity index (χ1) is 8.92. The molecule has 0 bridgehead atoms. The van der Waals surface area contributed by atoms with Gasteiger partial charge >= 0.3 is 5.97 Å². The Morgan fingerprint density at radius 1 is 1.53 bits per heavy atom. The Morgan fingerprint density at radius 3 is 2.74 bits per heavy atom. The van der Waals surface area contributed by atoms with Crippen molar-refractivity contribution in [3.63, 3.8) is 0 Å². The standard InChI is InChI=1S/C13H17ClN2O3/c1-4-6-13(2,12(18)19-3)16-11(17)10-8-9(14)5-7-15-10/h5,7-8H,4,6H2,1-3H3,(H,16,17). The number of nitrogens with one attached hydrogen (secondary N) is 1. The maximum atomic E-state index is 12.1. The summed E-state index contributed by atoms with van der Waals surface area (Å²) in [5, 5.41) is 3.07. The Morgan fingerprint density at radius 2 is 2.21 bits per heavy atom. The first kappa shape index (κ1) is 15.4. The number of esters is 1. The van der Waals surface area contributed by atoms with Crippen molar-refractivity contribution in [1.82, 2.24) is 10.3 Å². The fourth-order valence-corrected chi connectivity index (χ4v) is 1.94. The van der Waals surface area contributed by atoms with E-state index in [4.69, 9.17) is 16.3 Å². The second kappa shape index (κ2) is 6.52. The summed E-state index contributed by atoms with van der Waals surface area (Å²) < 4.78 is 4.73. The van der Waals surface area contributed by atoms with Gasteiger partial charge in [-0.2, -0.15) is 0 Å². The lowest BCUT2D eigenvalue weighted by molar-refractivity contribution is -0.147. The number of pyridine rings is 1. The molecule has 1 unspecified atom stereocenters. The molecule has 0 saturated carbocycles. The fraction of sp³-hybridized carbons (Fsp3) is 0.462. The van der Waals surface area contributed by atoms with E-state index in [9.17, 15) is 9.59 Å².